The molecule has 0 aliphatic heterocycles. The van der Waals surface area contributed by atoms with Crippen LogP contribution in [-0.4, -0.2) is 32.1 Å². The fourth-order valence-corrected chi connectivity index (χ4v) is 2.43. The second-order valence-corrected chi connectivity index (χ2v) is 5.61. The summed E-state index contributed by atoms with van der Waals surface area (Å²) in [6.45, 7) is 1.87. The number of primary amides is 1. The molecule has 0 aliphatic rings. The first kappa shape index (κ1) is 17.1. The lowest BCUT2D eigenvalue weighted by atomic mass is 10.1. The lowest BCUT2D eigenvalue weighted by molar-refractivity contribution is 0.0940. The van der Waals surface area contributed by atoms with Crippen LogP contribution in [0, 0.1) is 0 Å². The summed E-state index contributed by atoms with van der Waals surface area (Å²) < 4.78 is 1.48. The third kappa shape index (κ3) is 4.01. The monoisotopic (exact) mass is 351 g/mol. The first-order valence-corrected chi connectivity index (χ1v) is 7.83. The van der Waals surface area contributed by atoms with Crippen LogP contribution in [-0.2, 0) is 0 Å². The minimum absolute atomic E-state index is 0.216. The average molecular weight is 351 g/mol. The van der Waals surface area contributed by atoms with Gasteiger partial charge in [-0.3, -0.25) is 4.79 Å². The molecule has 1 aromatic heterocycles. The maximum atomic E-state index is 12.5. The number of benzene rings is 2. The number of nitrogens with one attached hydrogen (secondary N) is 2. The van der Waals surface area contributed by atoms with Gasteiger partial charge in [0.15, 0.2) is 0 Å². The fourth-order valence-electron chi connectivity index (χ4n) is 2.43. The van der Waals surface area contributed by atoms with E-state index in [9.17, 15) is 9.59 Å². The van der Waals surface area contributed by atoms with Crippen molar-refractivity contribution in [1.29, 1.82) is 0 Å². The van der Waals surface area contributed by atoms with E-state index in [4.69, 9.17) is 5.73 Å². The van der Waals surface area contributed by atoms with Gasteiger partial charge in [-0.1, -0.05) is 18.2 Å². The number of carbonyl (C=O) groups is 2. The van der Waals surface area contributed by atoms with Crippen molar-refractivity contribution >= 4 is 17.6 Å². The second kappa shape index (κ2) is 7.43. The van der Waals surface area contributed by atoms with Gasteiger partial charge in [0.1, 0.15) is 6.33 Å². The number of urea groups is 1. The van der Waals surface area contributed by atoms with E-state index in [1.165, 1.54) is 11.0 Å². The van der Waals surface area contributed by atoms with Gasteiger partial charge in [0.2, 0.25) is 0 Å². The van der Waals surface area contributed by atoms with Crippen molar-refractivity contribution in [3.63, 3.8) is 0 Å². The van der Waals surface area contributed by atoms with Gasteiger partial charge >= 0.3 is 6.03 Å². The molecular formula is C17H17N7O2. The molecule has 0 radical (unpaired) electrons. The lowest BCUT2D eigenvalue weighted by Gasteiger charge is -2.15. The molecule has 3 aromatic rings. The minimum atomic E-state index is -0.624. The highest BCUT2D eigenvalue weighted by Gasteiger charge is 2.12. The van der Waals surface area contributed by atoms with Crippen LogP contribution in [0.1, 0.15) is 28.9 Å². The van der Waals surface area contributed by atoms with Crippen LogP contribution in [0.4, 0.5) is 10.5 Å². The Morgan fingerprint density at radius 1 is 1.15 bits per heavy atom. The molecule has 9 nitrogen and oxygen atoms in total. The molecule has 0 bridgehead atoms. The fraction of sp³-hybridized carbons (Fsp3) is 0.118. The standard InChI is InChI=1S/C17H17N7O2/c1-11(12-5-7-14(8-6-12)21-17(18)26)20-16(25)13-3-2-4-15(9-13)24-10-19-22-23-24/h2-11H,1H3,(H,20,25)(H3,18,21,26). The highest BCUT2D eigenvalue weighted by Crippen LogP contribution is 2.17. The molecule has 9 heteroatoms. The van der Waals surface area contributed by atoms with E-state index in [0.29, 0.717) is 16.9 Å². The van der Waals surface area contributed by atoms with E-state index in [1.807, 2.05) is 19.1 Å². The van der Waals surface area contributed by atoms with Crippen molar-refractivity contribution in [2.24, 2.45) is 5.73 Å². The van der Waals surface area contributed by atoms with Gasteiger partial charge in [0.05, 0.1) is 11.7 Å². The highest BCUT2D eigenvalue weighted by molar-refractivity contribution is 5.95. The zero-order valence-electron chi connectivity index (χ0n) is 14.0. The van der Waals surface area contributed by atoms with Crippen molar-refractivity contribution in [1.82, 2.24) is 25.5 Å². The number of nitrogens with two attached hydrogens (primary N) is 1. The Hall–Kier alpha value is -3.75. The number of anilines is 1. The normalized spacial score (nSPS) is 11.6. The molecule has 1 unspecified atom stereocenters. The Morgan fingerprint density at radius 2 is 1.92 bits per heavy atom. The first-order valence-electron chi connectivity index (χ1n) is 7.83. The van der Waals surface area contributed by atoms with Gasteiger partial charge in [-0.2, -0.15) is 0 Å². The summed E-state index contributed by atoms with van der Waals surface area (Å²) >= 11 is 0. The number of carbonyl (C=O) groups excluding carboxylic acids is 2. The quantitative estimate of drug-likeness (QED) is 0.644. The number of rotatable bonds is 5. The smallest absolute Gasteiger partial charge is 0.316 e. The maximum Gasteiger partial charge on any atom is 0.316 e. The summed E-state index contributed by atoms with van der Waals surface area (Å²) in [7, 11) is 0. The largest absolute Gasteiger partial charge is 0.351 e. The molecule has 0 spiro atoms. The van der Waals surface area contributed by atoms with Crippen molar-refractivity contribution < 1.29 is 9.59 Å². The molecule has 0 fully saturated rings. The number of hydrogen-bond donors (Lipinski definition) is 3. The Labute approximate surface area is 149 Å². The number of nitrogens with zero attached hydrogens (tertiary/aromatic N) is 4. The predicted molar refractivity (Wildman–Crippen MR) is 94.7 cm³/mol. The van der Waals surface area contributed by atoms with E-state index in [0.717, 1.165) is 5.56 Å². The molecule has 132 valence electrons. The Morgan fingerprint density at radius 3 is 2.58 bits per heavy atom. The summed E-state index contributed by atoms with van der Waals surface area (Å²) in [6, 6.07) is 13.2. The molecule has 0 saturated carbocycles. The predicted octanol–water partition coefficient (Wildman–Crippen LogP) is 1.64. The van der Waals surface area contributed by atoms with Gasteiger partial charge in [0.25, 0.3) is 5.91 Å². The Balaban J connectivity index is 1.69. The summed E-state index contributed by atoms with van der Waals surface area (Å²) in [5.41, 5.74) is 7.75. The van der Waals surface area contributed by atoms with Crippen LogP contribution < -0.4 is 16.4 Å². The van der Waals surface area contributed by atoms with Crippen LogP contribution in [0.5, 0.6) is 0 Å². The van der Waals surface area contributed by atoms with Crippen molar-refractivity contribution in [2.45, 2.75) is 13.0 Å². The average Bonchev–Trinajstić information content (AvgIpc) is 3.16. The van der Waals surface area contributed by atoms with Gasteiger partial charge in [-0.05, 0) is 53.2 Å². The van der Waals surface area contributed by atoms with E-state index in [1.54, 1.807) is 36.4 Å². The molecule has 0 saturated heterocycles. The molecular weight excluding hydrogens is 334 g/mol. The molecule has 26 heavy (non-hydrogen) atoms. The summed E-state index contributed by atoms with van der Waals surface area (Å²) in [5, 5.41) is 16.4. The van der Waals surface area contributed by atoms with Crippen LogP contribution in [0.25, 0.3) is 5.69 Å². The number of amides is 3. The third-order valence-corrected chi connectivity index (χ3v) is 3.75. The molecule has 0 aliphatic carbocycles. The summed E-state index contributed by atoms with van der Waals surface area (Å²) in [6.07, 6.45) is 1.46. The molecule has 1 atom stereocenters. The second-order valence-electron chi connectivity index (χ2n) is 5.61. The highest BCUT2D eigenvalue weighted by atomic mass is 16.2. The van der Waals surface area contributed by atoms with Gasteiger partial charge < -0.3 is 16.4 Å². The Kier molecular flexibility index (Phi) is 4.88. The molecule has 3 rings (SSSR count). The van der Waals surface area contributed by atoms with E-state index in [-0.39, 0.29) is 11.9 Å². The number of hydrogen-bond acceptors (Lipinski definition) is 5. The van der Waals surface area contributed by atoms with Gasteiger partial charge in [0, 0.05) is 11.3 Å². The molecule has 3 amide bonds. The third-order valence-electron chi connectivity index (χ3n) is 3.75. The van der Waals surface area contributed by atoms with Crippen molar-refractivity contribution in [2.75, 3.05) is 5.32 Å². The van der Waals surface area contributed by atoms with E-state index in [2.05, 4.69) is 26.2 Å². The zero-order chi connectivity index (χ0) is 18.5. The first-order chi connectivity index (χ1) is 12.5. The van der Waals surface area contributed by atoms with Crippen molar-refractivity contribution in [3.8, 4) is 5.69 Å². The lowest BCUT2D eigenvalue weighted by Crippen LogP contribution is -2.26. The van der Waals surface area contributed by atoms with Gasteiger partial charge in [-0.15, -0.1) is 5.10 Å². The van der Waals surface area contributed by atoms with E-state index < -0.39 is 6.03 Å². The molecule has 4 N–H and O–H groups in total. The minimum Gasteiger partial charge on any atom is -0.351 e. The Bertz CT molecular complexity index is 907. The topological polar surface area (TPSA) is 128 Å². The van der Waals surface area contributed by atoms with E-state index >= 15 is 0 Å². The summed E-state index contributed by atoms with van der Waals surface area (Å²) in [5.74, 6) is -0.216. The summed E-state index contributed by atoms with van der Waals surface area (Å²) in [4.78, 5) is 23.4. The van der Waals surface area contributed by atoms with Crippen molar-refractivity contribution in [3.05, 3.63) is 66.0 Å². The van der Waals surface area contributed by atoms with Crippen LogP contribution >= 0.6 is 0 Å². The number of aromatic nitrogens is 4. The maximum absolute atomic E-state index is 12.5. The van der Waals surface area contributed by atoms with Crippen LogP contribution in [0.2, 0.25) is 0 Å². The van der Waals surface area contributed by atoms with Crippen LogP contribution in [0.15, 0.2) is 54.9 Å². The zero-order valence-corrected chi connectivity index (χ0v) is 14.0. The van der Waals surface area contributed by atoms with Gasteiger partial charge in [-0.25, -0.2) is 9.48 Å². The molecule has 1 heterocycles. The SMILES string of the molecule is CC(NC(=O)c1cccc(-n2cnnn2)c1)c1ccc(NC(N)=O)cc1. The number of tetrazole rings is 1. The molecule has 2 aromatic carbocycles. The van der Waals surface area contributed by atoms with Crippen LogP contribution in [0.3, 0.4) is 0 Å².